The van der Waals surface area contributed by atoms with Crippen molar-refractivity contribution in [2.75, 3.05) is 6.54 Å². The maximum absolute atomic E-state index is 12.9. The molecule has 0 unspecified atom stereocenters. The lowest BCUT2D eigenvalue weighted by Crippen LogP contribution is -2.31. The summed E-state index contributed by atoms with van der Waals surface area (Å²) in [6, 6.07) is 10.0. The molecule has 3 aromatic rings. The SMILES string of the molecule is CCCN(Cc1ccc(C)cc1)C(=O)c1csc(-c2ncccn2)n1. The molecule has 0 aliphatic heterocycles. The highest BCUT2D eigenvalue weighted by Crippen LogP contribution is 2.21. The number of aromatic nitrogens is 3. The standard InChI is InChI=1S/C19H20N4OS/c1-3-11-23(12-15-7-5-14(2)6-8-15)19(24)16-13-25-18(22-16)17-20-9-4-10-21-17/h4-10,13H,3,11-12H2,1-2H3. The van der Waals surface area contributed by atoms with Gasteiger partial charge in [-0.3, -0.25) is 4.79 Å². The Balaban J connectivity index is 1.78. The summed E-state index contributed by atoms with van der Waals surface area (Å²) in [6.45, 7) is 5.41. The molecule has 0 radical (unpaired) electrons. The van der Waals surface area contributed by atoms with Crippen LogP contribution in [0.2, 0.25) is 0 Å². The molecule has 0 aliphatic rings. The molecular formula is C19H20N4OS. The molecule has 0 bridgehead atoms. The average Bonchev–Trinajstić information content (AvgIpc) is 3.13. The summed E-state index contributed by atoms with van der Waals surface area (Å²) < 4.78 is 0. The number of thiazole rings is 1. The Morgan fingerprint density at radius 2 is 1.88 bits per heavy atom. The molecule has 0 atom stereocenters. The highest BCUT2D eigenvalue weighted by atomic mass is 32.1. The third kappa shape index (κ3) is 4.28. The number of benzene rings is 1. The van der Waals surface area contributed by atoms with Crippen molar-refractivity contribution in [3.63, 3.8) is 0 Å². The van der Waals surface area contributed by atoms with E-state index in [0.717, 1.165) is 12.0 Å². The van der Waals surface area contributed by atoms with Crippen LogP contribution >= 0.6 is 11.3 Å². The van der Waals surface area contributed by atoms with E-state index < -0.39 is 0 Å². The van der Waals surface area contributed by atoms with Crippen LogP contribution in [0.3, 0.4) is 0 Å². The van der Waals surface area contributed by atoms with Crippen LogP contribution in [-0.4, -0.2) is 32.3 Å². The van der Waals surface area contributed by atoms with Crippen molar-refractivity contribution < 1.29 is 4.79 Å². The van der Waals surface area contributed by atoms with E-state index in [4.69, 9.17) is 0 Å². The number of rotatable bonds is 6. The molecule has 6 heteroatoms. The van der Waals surface area contributed by atoms with E-state index in [9.17, 15) is 4.79 Å². The van der Waals surface area contributed by atoms with E-state index in [0.29, 0.717) is 29.6 Å². The van der Waals surface area contributed by atoms with Gasteiger partial charge in [-0.2, -0.15) is 0 Å². The maximum atomic E-state index is 12.9. The molecule has 2 heterocycles. The van der Waals surface area contributed by atoms with Gasteiger partial charge in [0.05, 0.1) is 0 Å². The summed E-state index contributed by atoms with van der Waals surface area (Å²) >= 11 is 1.39. The van der Waals surface area contributed by atoms with Crippen molar-refractivity contribution in [2.45, 2.75) is 26.8 Å². The lowest BCUT2D eigenvalue weighted by molar-refractivity contribution is 0.0738. The number of aryl methyl sites for hydroxylation is 1. The van der Waals surface area contributed by atoms with Crippen LogP contribution in [0.25, 0.3) is 10.8 Å². The molecular weight excluding hydrogens is 332 g/mol. The van der Waals surface area contributed by atoms with Gasteiger partial charge in [0.1, 0.15) is 5.69 Å². The second kappa shape index (κ2) is 7.98. The fraction of sp³-hybridized carbons (Fsp3) is 0.263. The van der Waals surface area contributed by atoms with Gasteiger partial charge < -0.3 is 4.90 Å². The minimum Gasteiger partial charge on any atom is -0.333 e. The highest BCUT2D eigenvalue weighted by Gasteiger charge is 2.19. The van der Waals surface area contributed by atoms with Crippen molar-refractivity contribution in [1.82, 2.24) is 19.9 Å². The second-order valence-electron chi connectivity index (χ2n) is 5.82. The summed E-state index contributed by atoms with van der Waals surface area (Å²) in [6.07, 6.45) is 4.24. The van der Waals surface area contributed by atoms with Crippen LogP contribution in [0.1, 0.15) is 35.0 Å². The largest absolute Gasteiger partial charge is 0.333 e. The monoisotopic (exact) mass is 352 g/mol. The lowest BCUT2D eigenvalue weighted by Gasteiger charge is -2.21. The first kappa shape index (κ1) is 17.2. The van der Waals surface area contributed by atoms with Crippen molar-refractivity contribution in [1.29, 1.82) is 0 Å². The van der Waals surface area contributed by atoms with Crippen LogP contribution in [-0.2, 0) is 6.54 Å². The number of nitrogens with zero attached hydrogens (tertiary/aromatic N) is 4. The molecule has 0 saturated carbocycles. The number of hydrogen-bond acceptors (Lipinski definition) is 5. The Hall–Kier alpha value is -2.60. The maximum Gasteiger partial charge on any atom is 0.273 e. The quantitative estimate of drug-likeness (QED) is 0.674. The first-order valence-corrected chi connectivity index (χ1v) is 9.13. The lowest BCUT2D eigenvalue weighted by atomic mass is 10.1. The molecule has 1 aromatic carbocycles. The fourth-order valence-electron chi connectivity index (χ4n) is 2.48. The summed E-state index contributed by atoms with van der Waals surface area (Å²) in [5.74, 6) is 0.494. The van der Waals surface area contributed by atoms with E-state index in [1.54, 1.807) is 23.8 Å². The molecule has 5 nitrogen and oxygen atoms in total. The molecule has 0 aliphatic carbocycles. The first-order chi connectivity index (χ1) is 12.2. The molecule has 128 valence electrons. The highest BCUT2D eigenvalue weighted by molar-refractivity contribution is 7.13. The van der Waals surface area contributed by atoms with E-state index in [1.165, 1.54) is 16.9 Å². The normalized spacial score (nSPS) is 10.6. The van der Waals surface area contributed by atoms with Crippen LogP contribution < -0.4 is 0 Å². The Bertz CT molecular complexity index is 830. The van der Waals surface area contributed by atoms with E-state index in [-0.39, 0.29) is 5.91 Å². The van der Waals surface area contributed by atoms with Crippen LogP contribution in [0, 0.1) is 6.92 Å². The van der Waals surface area contributed by atoms with Gasteiger partial charge in [-0.15, -0.1) is 11.3 Å². The van der Waals surface area contributed by atoms with Crippen LogP contribution in [0.5, 0.6) is 0 Å². The summed E-state index contributed by atoms with van der Waals surface area (Å²) in [4.78, 5) is 27.5. The van der Waals surface area contributed by atoms with Gasteiger partial charge in [-0.25, -0.2) is 15.0 Å². The van der Waals surface area contributed by atoms with Gasteiger partial charge >= 0.3 is 0 Å². The number of carbonyl (C=O) groups excluding carboxylic acids is 1. The summed E-state index contributed by atoms with van der Waals surface area (Å²) in [7, 11) is 0. The summed E-state index contributed by atoms with van der Waals surface area (Å²) in [5, 5.41) is 2.45. The Labute approximate surface area is 151 Å². The molecule has 0 saturated heterocycles. The van der Waals surface area contributed by atoms with Gasteiger partial charge in [0, 0.05) is 30.9 Å². The van der Waals surface area contributed by atoms with Gasteiger partial charge in [-0.05, 0) is 25.0 Å². The molecule has 3 rings (SSSR count). The zero-order valence-electron chi connectivity index (χ0n) is 14.3. The predicted molar refractivity (Wildman–Crippen MR) is 99.4 cm³/mol. The molecule has 2 aromatic heterocycles. The molecule has 0 fully saturated rings. The van der Waals surface area contributed by atoms with Gasteiger partial charge in [0.2, 0.25) is 0 Å². The second-order valence-corrected chi connectivity index (χ2v) is 6.68. The van der Waals surface area contributed by atoms with Crippen molar-refractivity contribution in [3.05, 3.63) is 64.9 Å². The van der Waals surface area contributed by atoms with Gasteiger partial charge in [0.25, 0.3) is 5.91 Å². The van der Waals surface area contributed by atoms with E-state index in [1.807, 2.05) is 4.90 Å². The third-order valence-electron chi connectivity index (χ3n) is 3.76. The van der Waals surface area contributed by atoms with Crippen molar-refractivity contribution in [2.24, 2.45) is 0 Å². The van der Waals surface area contributed by atoms with Gasteiger partial charge in [0.15, 0.2) is 10.8 Å². The molecule has 25 heavy (non-hydrogen) atoms. The van der Waals surface area contributed by atoms with E-state index >= 15 is 0 Å². The first-order valence-electron chi connectivity index (χ1n) is 8.25. The zero-order valence-corrected chi connectivity index (χ0v) is 15.2. The third-order valence-corrected chi connectivity index (χ3v) is 4.59. The molecule has 1 amide bonds. The Kier molecular flexibility index (Phi) is 5.50. The fourth-order valence-corrected chi connectivity index (χ4v) is 3.22. The summed E-state index contributed by atoms with van der Waals surface area (Å²) in [5.41, 5.74) is 2.78. The number of carbonyl (C=O) groups is 1. The van der Waals surface area contributed by atoms with E-state index in [2.05, 4.69) is 53.1 Å². The molecule has 0 N–H and O–H groups in total. The van der Waals surface area contributed by atoms with Gasteiger partial charge in [-0.1, -0.05) is 36.8 Å². The molecule has 0 spiro atoms. The Morgan fingerprint density at radius 1 is 1.16 bits per heavy atom. The van der Waals surface area contributed by atoms with Crippen LogP contribution in [0.15, 0.2) is 48.1 Å². The topological polar surface area (TPSA) is 59.0 Å². The number of hydrogen-bond donors (Lipinski definition) is 0. The predicted octanol–water partition coefficient (Wildman–Crippen LogP) is 3.96. The number of amides is 1. The van der Waals surface area contributed by atoms with Crippen molar-refractivity contribution >= 4 is 17.2 Å². The smallest absolute Gasteiger partial charge is 0.273 e. The minimum atomic E-state index is -0.0548. The average molecular weight is 352 g/mol. The van der Waals surface area contributed by atoms with Crippen LogP contribution in [0.4, 0.5) is 0 Å². The van der Waals surface area contributed by atoms with Crippen molar-refractivity contribution in [3.8, 4) is 10.8 Å². The minimum absolute atomic E-state index is 0.0548. The Morgan fingerprint density at radius 3 is 2.56 bits per heavy atom. The zero-order chi connectivity index (χ0) is 17.6.